The largest absolute Gasteiger partial charge is 0.361 e. The summed E-state index contributed by atoms with van der Waals surface area (Å²) in [6.07, 6.45) is 4.95. The molecule has 5 aromatic carbocycles. The Balaban J connectivity index is 1.26. The highest BCUT2D eigenvalue weighted by molar-refractivity contribution is 9.10. The van der Waals surface area contributed by atoms with Crippen LogP contribution in [-0.4, -0.2) is 35.9 Å². The topological polar surface area (TPSA) is 81.6 Å². The molecular formula is C44H35Br2N5O. The fraction of sp³-hybridized carbons (Fsp3) is 0.205. The van der Waals surface area contributed by atoms with Gasteiger partial charge in [0, 0.05) is 56.7 Å². The van der Waals surface area contributed by atoms with Gasteiger partial charge in [0.05, 0.1) is 21.7 Å². The first kappa shape index (κ1) is 32.2. The van der Waals surface area contributed by atoms with E-state index in [1.807, 2.05) is 24.3 Å². The van der Waals surface area contributed by atoms with Gasteiger partial charge < -0.3 is 15.6 Å². The Bertz CT molecular complexity index is 2540. The maximum Gasteiger partial charge on any atom is 0.170 e. The Morgan fingerprint density at radius 3 is 2.29 bits per heavy atom. The van der Waals surface area contributed by atoms with Gasteiger partial charge in [0.1, 0.15) is 12.1 Å². The van der Waals surface area contributed by atoms with Crippen LogP contribution in [0.1, 0.15) is 39.8 Å². The lowest BCUT2D eigenvalue weighted by Crippen LogP contribution is -2.66. The summed E-state index contributed by atoms with van der Waals surface area (Å²) in [4.78, 5) is 30.6. The van der Waals surface area contributed by atoms with E-state index in [-0.39, 0.29) is 29.8 Å². The van der Waals surface area contributed by atoms with Crippen molar-refractivity contribution in [2.45, 2.75) is 36.0 Å². The van der Waals surface area contributed by atoms with E-state index >= 15 is 4.79 Å². The van der Waals surface area contributed by atoms with Crippen LogP contribution in [0.4, 0.5) is 0 Å². The minimum absolute atomic E-state index is 0.114. The van der Waals surface area contributed by atoms with Crippen LogP contribution in [0.3, 0.4) is 0 Å². The van der Waals surface area contributed by atoms with E-state index in [0.717, 1.165) is 59.4 Å². The van der Waals surface area contributed by atoms with Crippen molar-refractivity contribution in [2.24, 2.45) is 15.4 Å². The third-order valence-corrected chi connectivity index (χ3v) is 13.0. The highest BCUT2D eigenvalue weighted by atomic mass is 79.9. The molecule has 1 aromatic heterocycles. The number of ketones is 1. The van der Waals surface area contributed by atoms with Crippen molar-refractivity contribution in [1.29, 1.82) is 0 Å². The third kappa shape index (κ3) is 4.70. The molecule has 1 aliphatic carbocycles. The first-order chi connectivity index (χ1) is 25.5. The van der Waals surface area contributed by atoms with Crippen LogP contribution >= 0.6 is 31.9 Å². The number of Topliss-reactive ketones (excluding diaryl/α,β-unsaturated/α-hetero) is 1. The monoisotopic (exact) mass is 807 g/mol. The highest BCUT2D eigenvalue weighted by Gasteiger charge is 2.75. The van der Waals surface area contributed by atoms with E-state index in [1.54, 1.807) is 0 Å². The number of carbonyl (C=O) groups is 1. The van der Waals surface area contributed by atoms with Crippen molar-refractivity contribution in [1.82, 2.24) is 15.6 Å². The molecule has 6 unspecified atom stereocenters. The minimum Gasteiger partial charge on any atom is -0.361 e. The minimum atomic E-state index is -0.960. The molecule has 6 atom stereocenters. The molecule has 4 heterocycles. The van der Waals surface area contributed by atoms with Gasteiger partial charge in [-0.05, 0) is 82.8 Å². The van der Waals surface area contributed by atoms with Crippen LogP contribution in [-0.2, 0) is 16.8 Å². The first-order valence-corrected chi connectivity index (χ1v) is 19.4. The molecule has 3 N–H and O–H groups in total. The number of hydrogen-bond donors (Lipinski definition) is 3. The molecule has 256 valence electrons. The average molecular weight is 810 g/mol. The van der Waals surface area contributed by atoms with Crippen molar-refractivity contribution in [3.8, 4) is 0 Å². The summed E-state index contributed by atoms with van der Waals surface area (Å²) in [6, 6.07) is 41.4. The summed E-state index contributed by atoms with van der Waals surface area (Å²) in [5.74, 6) is -0.0393. The Hall–Kier alpha value is -4.47. The van der Waals surface area contributed by atoms with Crippen molar-refractivity contribution < 1.29 is 4.79 Å². The number of aromatic amines is 1. The van der Waals surface area contributed by atoms with Crippen LogP contribution in [0.25, 0.3) is 17.0 Å². The number of nitrogens with one attached hydrogen (secondary N) is 3. The van der Waals surface area contributed by atoms with Crippen molar-refractivity contribution in [3.05, 3.63) is 181 Å². The van der Waals surface area contributed by atoms with Gasteiger partial charge in [-0.1, -0.05) is 111 Å². The van der Waals surface area contributed by atoms with Gasteiger partial charge in [-0.3, -0.25) is 14.8 Å². The third-order valence-electron chi connectivity index (χ3n) is 11.9. The molecule has 52 heavy (non-hydrogen) atoms. The predicted molar refractivity (Wildman–Crippen MR) is 212 cm³/mol. The van der Waals surface area contributed by atoms with E-state index in [9.17, 15) is 0 Å². The van der Waals surface area contributed by atoms with Gasteiger partial charge in [0.25, 0.3) is 0 Å². The zero-order chi connectivity index (χ0) is 35.0. The number of hydrogen-bond acceptors (Lipinski definition) is 5. The molecule has 10 rings (SSSR count). The number of aromatic nitrogens is 1. The van der Waals surface area contributed by atoms with Gasteiger partial charge in [0.2, 0.25) is 0 Å². The zero-order valence-electron chi connectivity index (χ0n) is 28.2. The van der Waals surface area contributed by atoms with Crippen LogP contribution in [0.15, 0.2) is 152 Å². The molecule has 6 nitrogen and oxygen atoms in total. The Morgan fingerprint density at radius 1 is 0.788 bits per heavy atom. The number of benzene rings is 5. The fourth-order valence-corrected chi connectivity index (χ4v) is 10.4. The average Bonchev–Trinajstić information content (AvgIpc) is 3.80. The molecule has 0 amide bonds. The molecule has 6 aromatic rings. The Labute approximate surface area is 318 Å². The summed E-state index contributed by atoms with van der Waals surface area (Å²) < 4.78 is 2.01. The molecule has 3 aliphatic heterocycles. The van der Waals surface area contributed by atoms with Crippen molar-refractivity contribution >= 4 is 54.6 Å². The quantitative estimate of drug-likeness (QED) is 0.162. The normalized spacial score (nSPS) is 28.1. The lowest BCUT2D eigenvalue weighted by Gasteiger charge is -2.51. The Morgan fingerprint density at radius 2 is 1.48 bits per heavy atom. The summed E-state index contributed by atoms with van der Waals surface area (Å²) in [7, 11) is 0. The maximum atomic E-state index is 16.1. The second-order valence-electron chi connectivity index (χ2n) is 14.5. The molecule has 2 fully saturated rings. The molecule has 2 saturated heterocycles. The lowest BCUT2D eigenvalue weighted by molar-refractivity contribution is -0.131. The highest BCUT2D eigenvalue weighted by Crippen LogP contribution is 2.66. The standard InChI is InChI=1S/C44H35Br2N5O/c45-30-17-13-26(14-18-30)21-29-23-47-25-43(42(29)52)39(27-15-19-31(46)20-16-27)38(22-28-24-48-35-10-4-2-7-32(28)35)51-44(43)34-9-3-1-8-33(34)40-41(44)50-37-12-6-5-11-36(37)49-40/h1-21,24,38-41,47-48,51H,22-23,25H2/b29-21+. The van der Waals surface area contributed by atoms with Crippen LogP contribution in [0.2, 0.25) is 0 Å². The van der Waals surface area contributed by atoms with Crippen LogP contribution < -0.4 is 21.3 Å². The summed E-state index contributed by atoms with van der Waals surface area (Å²) in [5, 5.41) is 11.1. The first-order valence-electron chi connectivity index (χ1n) is 17.9. The lowest BCUT2D eigenvalue weighted by atomic mass is 9.54. The second kappa shape index (κ2) is 12.3. The van der Waals surface area contributed by atoms with Crippen LogP contribution in [0.5, 0.6) is 0 Å². The second-order valence-corrected chi connectivity index (χ2v) is 16.3. The van der Waals surface area contributed by atoms with Crippen molar-refractivity contribution in [2.75, 3.05) is 13.1 Å². The number of para-hydroxylation sites is 3. The number of fused-ring (bicyclic) bond motifs is 8. The van der Waals surface area contributed by atoms with Gasteiger partial charge in [-0.15, -0.1) is 0 Å². The molecular weight excluding hydrogens is 774 g/mol. The van der Waals surface area contributed by atoms with E-state index in [4.69, 9.17) is 9.98 Å². The van der Waals surface area contributed by atoms with E-state index in [1.165, 1.54) is 10.9 Å². The molecule has 0 bridgehead atoms. The summed E-state index contributed by atoms with van der Waals surface area (Å²) in [5.41, 5.74) is 5.66. The number of nitrogens with zero attached hydrogens (tertiary/aromatic N) is 2. The predicted octanol–water partition coefficient (Wildman–Crippen LogP) is 7.51. The van der Waals surface area contributed by atoms with E-state index in [2.05, 4.69) is 157 Å². The molecule has 8 heteroatoms. The Kier molecular flexibility index (Phi) is 7.62. The number of halogens is 2. The maximum absolute atomic E-state index is 16.1. The van der Waals surface area contributed by atoms with Crippen molar-refractivity contribution in [3.63, 3.8) is 0 Å². The number of carbonyl (C=O) groups excluding carboxylic acids is 1. The summed E-state index contributed by atoms with van der Waals surface area (Å²) in [6.45, 7) is 0.989. The smallest absolute Gasteiger partial charge is 0.170 e. The molecule has 0 radical (unpaired) electrons. The van der Waals surface area contributed by atoms with E-state index in [0.29, 0.717) is 13.1 Å². The fourth-order valence-electron chi connectivity index (χ4n) is 9.91. The van der Waals surface area contributed by atoms with Gasteiger partial charge >= 0.3 is 0 Å². The van der Waals surface area contributed by atoms with Crippen LogP contribution in [0, 0.1) is 5.41 Å². The SMILES string of the molecule is O=C1/C(=C/c2ccc(Br)cc2)CNCC12C(c1ccc(Br)cc1)C(Cc1c[nH]c3ccccc13)NC21c2ccccc2C2N=c3ccccc3=NC21. The summed E-state index contributed by atoms with van der Waals surface area (Å²) >= 11 is 7.28. The molecule has 2 spiro atoms. The molecule has 4 aliphatic rings. The van der Waals surface area contributed by atoms with Gasteiger partial charge in [-0.2, -0.15) is 0 Å². The zero-order valence-corrected chi connectivity index (χ0v) is 31.4. The number of piperidine rings is 1. The van der Waals surface area contributed by atoms with Gasteiger partial charge in [0.15, 0.2) is 5.78 Å². The van der Waals surface area contributed by atoms with E-state index < -0.39 is 11.0 Å². The molecule has 0 saturated carbocycles. The number of H-pyrrole nitrogens is 1. The number of rotatable bonds is 4. The van der Waals surface area contributed by atoms with Gasteiger partial charge in [-0.25, -0.2) is 0 Å².